The van der Waals surface area contributed by atoms with E-state index >= 15 is 0 Å². The van der Waals surface area contributed by atoms with Gasteiger partial charge in [-0.2, -0.15) is 0 Å². The second-order valence-corrected chi connectivity index (χ2v) is 5.16. The summed E-state index contributed by atoms with van der Waals surface area (Å²) in [5.74, 6) is -1.28. The summed E-state index contributed by atoms with van der Waals surface area (Å²) in [5.41, 5.74) is -0.313. The van der Waals surface area contributed by atoms with E-state index in [4.69, 9.17) is 9.26 Å². The Morgan fingerprint density at radius 2 is 2.08 bits per heavy atom. The zero-order valence-corrected chi connectivity index (χ0v) is 13.8. The molecule has 0 unspecified atom stereocenters. The standard InChI is InChI=1S/C15H16N4O6/c1-9-6-12(25-17-9)16-11(20)8-24-13(21)5-4-10-7-18(2)15(23)19(3)14(10)22/h4-7H,8H2,1-3H3,(H,16,20)/b5-4+. The first-order chi connectivity index (χ1) is 11.8. The molecule has 0 radical (unpaired) electrons. The molecule has 0 bridgehead atoms. The van der Waals surface area contributed by atoms with Crippen LogP contribution in [0, 0.1) is 6.92 Å². The molecule has 1 amide bonds. The van der Waals surface area contributed by atoms with Gasteiger partial charge >= 0.3 is 11.7 Å². The number of ether oxygens (including phenoxy) is 1. The highest BCUT2D eigenvalue weighted by Gasteiger charge is 2.09. The number of carbonyl (C=O) groups excluding carboxylic acids is 2. The molecule has 0 atom stereocenters. The third kappa shape index (κ3) is 4.53. The molecule has 0 fully saturated rings. The van der Waals surface area contributed by atoms with E-state index in [0.29, 0.717) is 5.69 Å². The molecular formula is C15H16N4O6. The molecule has 2 rings (SSSR count). The maximum atomic E-state index is 11.9. The van der Waals surface area contributed by atoms with Crippen molar-refractivity contribution in [3.05, 3.63) is 50.4 Å². The molecule has 0 saturated carbocycles. The fraction of sp³-hybridized carbons (Fsp3) is 0.267. The second kappa shape index (κ2) is 7.43. The van der Waals surface area contributed by atoms with E-state index in [9.17, 15) is 19.2 Å². The quantitative estimate of drug-likeness (QED) is 0.574. The number of nitrogens with one attached hydrogen (secondary N) is 1. The Kier molecular flexibility index (Phi) is 5.32. The lowest BCUT2D eigenvalue weighted by atomic mass is 10.3. The van der Waals surface area contributed by atoms with Crippen LogP contribution in [0.1, 0.15) is 11.3 Å². The van der Waals surface area contributed by atoms with Crippen LogP contribution in [-0.2, 0) is 28.4 Å². The average molecular weight is 348 g/mol. The molecule has 0 aromatic carbocycles. The van der Waals surface area contributed by atoms with E-state index in [1.165, 1.54) is 37.0 Å². The first-order valence-corrected chi connectivity index (χ1v) is 7.12. The molecular weight excluding hydrogens is 332 g/mol. The first kappa shape index (κ1) is 17.9. The van der Waals surface area contributed by atoms with Crippen molar-refractivity contribution in [1.82, 2.24) is 14.3 Å². The number of carbonyl (C=O) groups is 2. The van der Waals surface area contributed by atoms with Gasteiger partial charge in [0.05, 0.1) is 11.3 Å². The van der Waals surface area contributed by atoms with Crippen LogP contribution in [0.3, 0.4) is 0 Å². The zero-order valence-electron chi connectivity index (χ0n) is 13.8. The van der Waals surface area contributed by atoms with Crippen LogP contribution in [0.4, 0.5) is 5.88 Å². The molecule has 2 aromatic heterocycles. The van der Waals surface area contributed by atoms with Crippen LogP contribution in [0.25, 0.3) is 6.08 Å². The Labute approximate surface area is 141 Å². The Morgan fingerprint density at radius 3 is 2.72 bits per heavy atom. The fourth-order valence-corrected chi connectivity index (χ4v) is 1.89. The van der Waals surface area contributed by atoms with Gasteiger partial charge < -0.3 is 13.8 Å². The number of esters is 1. The lowest BCUT2D eigenvalue weighted by molar-refractivity contribution is -0.142. The van der Waals surface area contributed by atoms with E-state index in [1.54, 1.807) is 6.92 Å². The zero-order chi connectivity index (χ0) is 18.6. The summed E-state index contributed by atoms with van der Waals surface area (Å²) >= 11 is 0. The third-order valence-electron chi connectivity index (χ3n) is 3.11. The smallest absolute Gasteiger partial charge is 0.331 e. The van der Waals surface area contributed by atoms with E-state index < -0.39 is 29.7 Å². The molecule has 2 heterocycles. The maximum absolute atomic E-state index is 11.9. The van der Waals surface area contributed by atoms with Crippen molar-refractivity contribution in [2.75, 3.05) is 11.9 Å². The van der Waals surface area contributed by atoms with E-state index in [1.807, 2.05) is 0 Å². The predicted molar refractivity (Wildman–Crippen MR) is 86.8 cm³/mol. The van der Waals surface area contributed by atoms with Gasteiger partial charge in [0.15, 0.2) is 6.61 Å². The molecule has 132 valence electrons. The molecule has 0 aliphatic carbocycles. The highest BCUT2D eigenvalue weighted by atomic mass is 16.5. The van der Waals surface area contributed by atoms with Crippen molar-refractivity contribution < 1.29 is 18.8 Å². The van der Waals surface area contributed by atoms with Crippen LogP contribution in [0.5, 0.6) is 0 Å². The summed E-state index contributed by atoms with van der Waals surface area (Å²) in [7, 11) is 2.81. The highest BCUT2D eigenvalue weighted by Crippen LogP contribution is 2.07. The molecule has 0 aliphatic rings. The molecule has 10 nitrogen and oxygen atoms in total. The second-order valence-electron chi connectivity index (χ2n) is 5.16. The summed E-state index contributed by atoms with van der Waals surface area (Å²) in [6.07, 6.45) is 3.50. The van der Waals surface area contributed by atoms with Crippen LogP contribution >= 0.6 is 0 Å². The Balaban J connectivity index is 1.94. The van der Waals surface area contributed by atoms with Crippen molar-refractivity contribution in [2.45, 2.75) is 6.92 Å². The number of hydrogen-bond acceptors (Lipinski definition) is 7. The minimum atomic E-state index is -0.820. The van der Waals surface area contributed by atoms with Crippen LogP contribution < -0.4 is 16.6 Å². The molecule has 10 heteroatoms. The van der Waals surface area contributed by atoms with Crippen LogP contribution in [-0.4, -0.2) is 32.8 Å². The number of nitrogens with zero attached hydrogens (tertiary/aromatic N) is 3. The van der Waals surface area contributed by atoms with Gasteiger partial charge in [0, 0.05) is 32.4 Å². The van der Waals surface area contributed by atoms with Gasteiger partial charge in [0.2, 0.25) is 5.88 Å². The van der Waals surface area contributed by atoms with Gasteiger partial charge in [-0.05, 0) is 13.0 Å². The minimum Gasteiger partial charge on any atom is -0.452 e. The van der Waals surface area contributed by atoms with E-state index in [0.717, 1.165) is 10.6 Å². The average Bonchev–Trinajstić information content (AvgIpc) is 2.97. The van der Waals surface area contributed by atoms with Crippen LogP contribution in [0.15, 0.2) is 32.5 Å². The van der Waals surface area contributed by atoms with Crippen molar-refractivity contribution in [1.29, 1.82) is 0 Å². The third-order valence-corrected chi connectivity index (χ3v) is 3.11. The minimum absolute atomic E-state index is 0.128. The molecule has 0 saturated heterocycles. The lowest BCUT2D eigenvalue weighted by Gasteiger charge is -2.03. The molecule has 25 heavy (non-hydrogen) atoms. The molecule has 1 N–H and O–H groups in total. The number of aryl methyl sites for hydroxylation is 2. The lowest BCUT2D eigenvalue weighted by Crippen LogP contribution is -2.37. The highest BCUT2D eigenvalue weighted by molar-refractivity contribution is 5.93. The molecule has 0 spiro atoms. The number of hydrogen-bond donors (Lipinski definition) is 1. The number of aromatic nitrogens is 3. The van der Waals surface area contributed by atoms with E-state index in [-0.39, 0.29) is 11.4 Å². The van der Waals surface area contributed by atoms with Gasteiger partial charge in [0.1, 0.15) is 0 Å². The monoisotopic (exact) mass is 348 g/mol. The van der Waals surface area contributed by atoms with Crippen molar-refractivity contribution >= 4 is 23.8 Å². The van der Waals surface area contributed by atoms with Gasteiger partial charge in [-0.1, -0.05) is 5.16 Å². The molecule has 2 aromatic rings. The van der Waals surface area contributed by atoms with Crippen molar-refractivity contribution in [2.24, 2.45) is 14.1 Å². The van der Waals surface area contributed by atoms with E-state index in [2.05, 4.69) is 10.5 Å². The predicted octanol–water partition coefficient (Wildman–Crippen LogP) is -0.424. The molecule has 0 aliphatic heterocycles. The van der Waals surface area contributed by atoms with Crippen molar-refractivity contribution in [3.8, 4) is 0 Å². The summed E-state index contributed by atoms with van der Waals surface area (Å²) < 4.78 is 11.7. The summed E-state index contributed by atoms with van der Waals surface area (Å²) in [4.78, 5) is 46.7. The topological polar surface area (TPSA) is 125 Å². The largest absolute Gasteiger partial charge is 0.452 e. The van der Waals surface area contributed by atoms with Gasteiger partial charge in [-0.25, -0.2) is 9.59 Å². The Hall–Kier alpha value is -3.43. The van der Waals surface area contributed by atoms with Gasteiger partial charge in [-0.3, -0.25) is 19.5 Å². The summed E-state index contributed by atoms with van der Waals surface area (Å²) in [5, 5.41) is 5.95. The fourth-order valence-electron chi connectivity index (χ4n) is 1.89. The van der Waals surface area contributed by atoms with Gasteiger partial charge in [0.25, 0.3) is 11.5 Å². The van der Waals surface area contributed by atoms with Crippen LogP contribution in [0.2, 0.25) is 0 Å². The summed E-state index contributed by atoms with van der Waals surface area (Å²) in [6.45, 7) is 1.15. The Bertz CT molecular complexity index is 950. The first-order valence-electron chi connectivity index (χ1n) is 7.12. The number of rotatable bonds is 5. The number of amides is 1. The summed E-state index contributed by atoms with van der Waals surface area (Å²) in [6, 6.07) is 1.51. The number of anilines is 1. The Morgan fingerprint density at radius 1 is 1.36 bits per heavy atom. The maximum Gasteiger partial charge on any atom is 0.331 e. The normalized spacial score (nSPS) is 10.8. The van der Waals surface area contributed by atoms with Gasteiger partial charge in [-0.15, -0.1) is 0 Å². The SMILES string of the molecule is Cc1cc(NC(=O)COC(=O)/C=C/c2cn(C)c(=O)n(C)c2=O)on1. The van der Waals surface area contributed by atoms with Crippen molar-refractivity contribution in [3.63, 3.8) is 0 Å².